The second-order valence-corrected chi connectivity index (χ2v) is 5.52. The molecule has 1 aliphatic carbocycles. The fourth-order valence-corrected chi connectivity index (χ4v) is 2.29. The summed E-state index contributed by atoms with van der Waals surface area (Å²) in [6.07, 6.45) is 2.14. The van der Waals surface area contributed by atoms with E-state index in [2.05, 4.69) is 18.9 Å². The molecule has 3 N–H and O–H groups in total. The zero-order valence-corrected chi connectivity index (χ0v) is 11.7. The average molecular weight is 264 g/mol. The first-order valence-corrected chi connectivity index (χ1v) is 6.93. The van der Waals surface area contributed by atoms with Gasteiger partial charge in [-0.25, -0.2) is 0 Å². The molecule has 19 heavy (non-hydrogen) atoms. The molecule has 0 spiro atoms. The molecule has 0 aromatic heterocycles. The van der Waals surface area contributed by atoms with Crippen molar-refractivity contribution in [2.45, 2.75) is 31.9 Å². The number of aliphatic hydroxyl groups excluding tert-OH is 1. The van der Waals surface area contributed by atoms with Crippen LogP contribution in [0.15, 0.2) is 24.3 Å². The van der Waals surface area contributed by atoms with Gasteiger partial charge < -0.3 is 20.5 Å². The largest absolute Gasteiger partial charge is 0.489 e. The van der Waals surface area contributed by atoms with E-state index in [1.165, 1.54) is 12.8 Å². The van der Waals surface area contributed by atoms with Crippen LogP contribution in [0.5, 0.6) is 5.75 Å². The van der Waals surface area contributed by atoms with Gasteiger partial charge in [-0.1, -0.05) is 12.1 Å². The van der Waals surface area contributed by atoms with Gasteiger partial charge in [-0.05, 0) is 44.9 Å². The van der Waals surface area contributed by atoms with Crippen molar-refractivity contribution in [3.63, 3.8) is 0 Å². The number of aliphatic hydroxyl groups is 1. The van der Waals surface area contributed by atoms with Crippen molar-refractivity contribution in [3.8, 4) is 5.75 Å². The second kappa shape index (κ2) is 6.26. The summed E-state index contributed by atoms with van der Waals surface area (Å²) < 4.78 is 5.55. The Balaban J connectivity index is 1.75. The molecule has 2 rings (SSSR count). The highest BCUT2D eigenvalue weighted by Gasteiger charge is 2.30. The molecule has 1 fully saturated rings. The third kappa shape index (κ3) is 4.11. The van der Waals surface area contributed by atoms with Crippen LogP contribution in [-0.4, -0.2) is 42.4 Å². The molecule has 1 aromatic rings. The number of likely N-dealkylation sites (N-methyl/N-ethyl adjacent to an activating group) is 1. The predicted molar refractivity (Wildman–Crippen MR) is 77.2 cm³/mol. The van der Waals surface area contributed by atoms with E-state index in [1.54, 1.807) is 6.07 Å². The second-order valence-electron chi connectivity index (χ2n) is 5.52. The highest BCUT2D eigenvalue weighted by molar-refractivity contribution is 5.51. The maximum absolute atomic E-state index is 10.0. The molecule has 1 saturated carbocycles. The Morgan fingerprint density at radius 2 is 2.11 bits per heavy atom. The first kappa shape index (κ1) is 14.2. The van der Waals surface area contributed by atoms with E-state index in [1.807, 2.05) is 18.2 Å². The number of nitrogens with zero attached hydrogens (tertiary/aromatic N) is 1. The van der Waals surface area contributed by atoms with Crippen LogP contribution in [0.2, 0.25) is 0 Å². The summed E-state index contributed by atoms with van der Waals surface area (Å²) in [5.74, 6) is 1.45. The third-order valence-electron chi connectivity index (χ3n) is 3.85. The first-order valence-electron chi connectivity index (χ1n) is 6.93. The predicted octanol–water partition coefficient (Wildman–Crippen LogP) is 1.74. The Morgan fingerprint density at radius 3 is 2.74 bits per heavy atom. The molecule has 0 amide bonds. The summed E-state index contributed by atoms with van der Waals surface area (Å²) in [7, 11) is 2.06. The van der Waals surface area contributed by atoms with Crippen molar-refractivity contribution >= 4 is 5.69 Å². The van der Waals surface area contributed by atoms with Gasteiger partial charge in [0.15, 0.2) is 0 Å². The number of ether oxygens (including phenoxy) is 1. The lowest BCUT2D eigenvalue weighted by atomic mass is 10.2. The molecular weight excluding hydrogens is 240 g/mol. The zero-order chi connectivity index (χ0) is 13.8. The van der Waals surface area contributed by atoms with Crippen molar-refractivity contribution in [2.75, 3.05) is 25.9 Å². The number of hydrogen-bond acceptors (Lipinski definition) is 4. The zero-order valence-electron chi connectivity index (χ0n) is 11.7. The SMILES string of the molecule is CC(C1CC1)N(C)CC(O)COc1ccccc1N. The molecule has 0 saturated heterocycles. The smallest absolute Gasteiger partial charge is 0.142 e. The van der Waals surface area contributed by atoms with Gasteiger partial charge in [-0.15, -0.1) is 0 Å². The van der Waals surface area contributed by atoms with Gasteiger partial charge in [0.25, 0.3) is 0 Å². The van der Waals surface area contributed by atoms with Crippen molar-refractivity contribution in [2.24, 2.45) is 5.92 Å². The third-order valence-corrected chi connectivity index (χ3v) is 3.85. The van der Waals surface area contributed by atoms with E-state index in [9.17, 15) is 5.11 Å². The van der Waals surface area contributed by atoms with Crippen LogP contribution in [0.4, 0.5) is 5.69 Å². The lowest BCUT2D eigenvalue weighted by molar-refractivity contribution is 0.0625. The van der Waals surface area contributed by atoms with E-state index in [0.29, 0.717) is 24.0 Å². The summed E-state index contributed by atoms with van der Waals surface area (Å²) in [4.78, 5) is 2.21. The van der Waals surface area contributed by atoms with Crippen LogP contribution >= 0.6 is 0 Å². The van der Waals surface area contributed by atoms with Crippen LogP contribution in [0.3, 0.4) is 0 Å². The maximum Gasteiger partial charge on any atom is 0.142 e. The number of rotatable bonds is 7. The summed E-state index contributed by atoms with van der Waals surface area (Å²) in [6, 6.07) is 7.89. The lowest BCUT2D eigenvalue weighted by Crippen LogP contribution is -2.39. The number of hydrogen-bond donors (Lipinski definition) is 2. The Bertz CT molecular complexity index is 407. The van der Waals surface area contributed by atoms with Gasteiger partial charge in [-0.2, -0.15) is 0 Å². The van der Waals surface area contributed by atoms with E-state index in [-0.39, 0.29) is 6.61 Å². The van der Waals surface area contributed by atoms with Gasteiger partial charge in [0.05, 0.1) is 5.69 Å². The van der Waals surface area contributed by atoms with E-state index in [4.69, 9.17) is 10.5 Å². The van der Waals surface area contributed by atoms with Crippen LogP contribution < -0.4 is 10.5 Å². The molecule has 2 atom stereocenters. The molecular formula is C15H24N2O2. The van der Waals surface area contributed by atoms with Crippen LogP contribution in [0, 0.1) is 5.92 Å². The Kier molecular flexibility index (Phi) is 4.66. The van der Waals surface area contributed by atoms with Gasteiger partial charge in [0.2, 0.25) is 0 Å². The van der Waals surface area contributed by atoms with Crippen molar-refractivity contribution in [1.29, 1.82) is 0 Å². The summed E-state index contributed by atoms with van der Waals surface area (Å²) in [5, 5.41) is 10.0. The standard InChI is InChI=1S/C15H24N2O2/c1-11(12-7-8-12)17(2)9-13(18)10-19-15-6-4-3-5-14(15)16/h3-6,11-13,18H,7-10,16H2,1-2H3. The molecule has 106 valence electrons. The minimum absolute atomic E-state index is 0.274. The molecule has 1 aliphatic rings. The molecule has 0 heterocycles. The van der Waals surface area contributed by atoms with Gasteiger partial charge in [-0.3, -0.25) is 0 Å². The quantitative estimate of drug-likeness (QED) is 0.737. The molecule has 1 aromatic carbocycles. The molecule has 2 unspecified atom stereocenters. The van der Waals surface area contributed by atoms with Crippen LogP contribution in [-0.2, 0) is 0 Å². The Labute approximate surface area is 115 Å². The number of para-hydroxylation sites is 2. The van der Waals surface area contributed by atoms with Gasteiger partial charge in [0.1, 0.15) is 18.5 Å². The molecule has 4 nitrogen and oxygen atoms in total. The topological polar surface area (TPSA) is 58.7 Å². The lowest BCUT2D eigenvalue weighted by Gasteiger charge is -2.27. The highest BCUT2D eigenvalue weighted by Crippen LogP contribution is 2.34. The average Bonchev–Trinajstić information content (AvgIpc) is 3.21. The Hall–Kier alpha value is -1.26. The maximum atomic E-state index is 10.0. The van der Waals surface area contributed by atoms with Crippen LogP contribution in [0.1, 0.15) is 19.8 Å². The van der Waals surface area contributed by atoms with E-state index < -0.39 is 6.10 Å². The number of nitrogen functional groups attached to an aromatic ring is 1. The van der Waals surface area contributed by atoms with Crippen LogP contribution in [0.25, 0.3) is 0 Å². The van der Waals surface area contributed by atoms with Gasteiger partial charge in [0, 0.05) is 12.6 Å². The molecule has 4 heteroatoms. The van der Waals surface area contributed by atoms with Crippen molar-refractivity contribution < 1.29 is 9.84 Å². The number of anilines is 1. The molecule has 0 aliphatic heterocycles. The number of nitrogens with two attached hydrogens (primary N) is 1. The highest BCUT2D eigenvalue weighted by atomic mass is 16.5. The first-order chi connectivity index (χ1) is 9.08. The minimum atomic E-state index is -0.495. The summed E-state index contributed by atoms with van der Waals surface area (Å²) in [5.41, 5.74) is 6.39. The van der Waals surface area contributed by atoms with Gasteiger partial charge >= 0.3 is 0 Å². The number of benzene rings is 1. The van der Waals surface area contributed by atoms with E-state index >= 15 is 0 Å². The summed E-state index contributed by atoms with van der Waals surface area (Å²) in [6.45, 7) is 3.13. The fraction of sp³-hybridized carbons (Fsp3) is 0.600. The fourth-order valence-electron chi connectivity index (χ4n) is 2.29. The van der Waals surface area contributed by atoms with E-state index in [0.717, 1.165) is 5.92 Å². The van der Waals surface area contributed by atoms with Crippen molar-refractivity contribution in [3.05, 3.63) is 24.3 Å². The molecule has 0 radical (unpaired) electrons. The van der Waals surface area contributed by atoms with Crippen molar-refractivity contribution in [1.82, 2.24) is 4.90 Å². The summed E-state index contributed by atoms with van der Waals surface area (Å²) >= 11 is 0. The minimum Gasteiger partial charge on any atom is -0.489 e. The normalized spacial score (nSPS) is 18.3. The monoisotopic (exact) mass is 264 g/mol. The Morgan fingerprint density at radius 1 is 1.42 bits per heavy atom. The molecule has 0 bridgehead atoms.